The minimum atomic E-state index is -0.757. The first-order valence-electron chi connectivity index (χ1n) is 10.1. The van der Waals surface area contributed by atoms with Gasteiger partial charge in [-0.05, 0) is 50.9 Å². The quantitative estimate of drug-likeness (QED) is 0.798. The Morgan fingerprint density at radius 3 is 2.46 bits per heavy atom. The number of fused-ring (bicyclic) bond motifs is 1. The third-order valence-corrected chi connectivity index (χ3v) is 7.11. The van der Waals surface area contributed by atoms with Gasteiger partial charge in [-0.1, -0.05) is 6.42 Å². The smallest absolute Gasteiger partial charge is 0.317 e. The monoisotopic (exact) mass is 363 g/mol. The van der Waals surface area contributed by atoms with Crippen LogP contribution in [0.15, 0.2) is 0 Å². The molecule has 2 N–H and O–H groups in total. The maximum atomic E-state index is 12.7. The van der Waals surface area contributed by atoms with Gasteiger partial charge in [0.15, 0.2) is 0 Å². The predicted octanol–water partition coefficient (Wildman–Crippen LogP) is 1.67. The fourth-order valence-electron chi connectivity index (χ4n) is 5.59. The number of carbonyl (C=O) groups is 3. The number of aliphatic carboxylic acids is 1. The van der Waals surface area contributed by atoms with Crippen LogP contribution in [0.5, 0.6) is 0 Å². The van der Waals surface area contributed by atoms with Crippen LogP contribution in [0.2, 0.25) is 0 Å². The normalized spacial score (nSPS) is 36.4. The summed E-state index contributed by atoms with van der Waals surface area (Å²) in [6.07, 6.45) is 7.08. The van der Waals surface area contributed by atoms with Gasteiger partial charge in [0.2, 0.25) is 5.91 Å². The van der Waals surface area contributed by atoms with E-state index in [9.17, 15) is 19.5 Å². The number of carboxylic acids is 1. The van der Waals surface area contributed by atoms with Crippen molar-refractivity contribution in [2.75, 3.05) is 26.2 Å². The van der Waals surface area contributed by atoms with Crippen molar-refractivity contribution in [1.29, 1.82) is 0 Å². The third kappa shape index (κ3) is 2.95. The van der Waals surface area contributed by atoms with Crippen LogP contribution in [-0.4, -0.2) is 65.0 Å². The van der Waals surface area contributed by atoms with Gasteiger partial charge in [-0.2, -0.15) is 0 Å². The van der Waals surface area contributed by atoms with Gasteiger partial charge >= 0.3 is 12.0 Å². The molecule has 4 aliphatic rings. The Labute approximate surface area is 154 Å². The number of nitrogens with zero attached hydrogens (tertiary/aromatic N) is 2. The molecule has 2 saturated carbocycles. The van der Waals surface area contributed by atoms with Gasteiger partial charge in [0.25, 0.3) is 0 Å². The minimum Gasteiger partial charge on any atom is -0.481 e. The van der Waals surface area contributed by atoms with Crippen molar-refractivity contribution in [3.63, 3.8) is 0 Å². The van der Waals surface area contributed by atoms with Gasteiger partial charge in [0, 0.05) is 38.1 Å². The van der Waals surface area contributed by atoms with Crippen molar-refractivity contribution in [3.8, 4) is 0 Å². The summed E-state index contributed by atoms with van der Waals surface area (Å²) in [4.78, 5) is 40.6. The molecular weight excluding hydrogens is 334 g/mol. The highest BCUT2D eigenvalue weighted by molar-refractivity contribution is 5.81. The van der Waals surface area contributed by atoms with Gasteiger partial charge in [-0.3, -0.25) is 9.59 Å². The number of likely N-dealkylation sites (tertiary alicyclic amines) is 2. The summed E-state index contributed by atoms with van der Waals surface area (Å²) in [5.74, 6) is -0.396. The number of carboxylic acid groups (broad SMARTS) is 1. The Morgan fingerprint density at radius 1 is 1.00 bits per heavy atom. The molecule has 2 heterocycles. The molecule has 0 unspecified atom stereocenters. The molecule has 2 saturated heterocycles. The maximum absolute atomic E-state index is 12.7. The zero-order chi connectivity index (χ0) is 18.3. The molecular formula is C19H29N3O4. The largest absolute Gasteiger partial charge is 0.481 e. The molecule has 2 aliphatic carbocycles. The van der Waals surface area contributed by atoms with Crippen molar-refractivity contribution in [2.24, 2.45) is 17.3 Å². The number of carbonyl (C=O) groups excluding carboxylic acids is 2. The summed E-state index contributed by atoms with van der Waals surface area (Å²) in [5.41, 5.74) is -0.735. The van der Waals surface area contributed by atoms with Gasteiger partial charge < -0.3 is 20.2 Å². The van der Waals surface area contributed by atoms with Crippen LogP contribution in [0.1, 0.15) is 51.4 Å². The first-order chi connectivity index (χ1) is 12.5. The van der Waals surface area contributed by atoms with Crippen LogP contribution in [0.3, 0.4) is 0 Å². The van der Waals surface area contributed by atoms with Crippen molar-refractivity contribution in [2.45, 2.75) is 57.4 Å². The number of rotatable bonds is 3. The number of nitrogens with one attached hydrogen (secondary N) is 1. The van der Waals surface area contributed by atoms with E-state index >= 15 is 0 Å². The molecule has 2 aliphatic heterocycles. The molecule has 4 atom stereocenters. The second-order valence-corrected chi connectivity index (χ2v) is 8.62. The molecule has 0 spiro atoms. The first-order valence-corrected chi connectivity index (χ1v) is 10.1. The molecule has 26 heavy (non-hydrogen) atoms. The highest BCUT2D eigenvalue weighted by Crippen LogP contribution is 2.48. The zero-order valence-electron chi connectivity index (χ0n) is 15.3. The molecule has 4 rings (SSSR count). The fourth-order valence-corrected chi connectivity index (χ4v) is 5.59. The lowest BCUT2D eigenvalue weighted by atomic mass is 9.81. The van der Waals surface area contributed by atoms with Crippen molar-refractivity contribution in [3.05, 3.63) is 0 Å². The predicted molar refractivity (Wildman–Crippen MR) is 94.5 cm³/mol. The van der Waals surface area contributed by atoms with E-state index in [4.69, 9.17) is 0 Å². The molecule has 7 heteroatoms. The summed E-state index contributed by atoms with van der Waals surface area (Å²) >= 11 is 0. The van der Waals surface area contributed by atoms with Crippen LogP contribution in [0, 0.1) is 17.3 Å². The molecule has 7 nitrogen and oxygen atoms in total. The van der Waals surface area contributed by atoms with E-state index in [-0.39, 0.29) is 29.8 Å². The fraction of sp³-hybridized carbons (Fsp3) is 0.842. The van der Waals surface area contributed by atoms with E-state index in [0.717, 1.165) is 51.6 Å². The minimum absolute atomic E-state index is 0.0280. The van der Waals surface area contributed by atoms with Crippen LogP contribution < -0.4 is 5.32 Å². The summed E-state index contributed by atoms with van der Waals surface area (Å²) in [7, 11) is 0. The topological polar surface area (TPSA) is 90.0 Å². The second kappa shape index (κ2) is 6.74. The highest BCUT2D eigenvalue weighted by atomic mass is 16.4. The average Bonchev–Trinajstić information content (AvgIpc) is 3.36. The first kappa shape index (κ1) is 17.6. The summed E-state index contributed by atoms with van der Waals surface area (Å²) < 4.78 is 0. The van der Waals surface area contributed by atoms with Gasteiger partial charge in [0.1, 0.15) is 0 Å². The van der Waals surface area contributed by atoms with E-state index in [1.54, 1.807) is 4.90 Å². The van der Waals surface area contributed by atoms with Gasteiger partial charge in [-0.15, -0.1) is 0 Å². The van der Waals surface area contributed by atoms with Crippen molar-refractivity contribution >= 4 is 17.9 Å². The van der Waals surface area contributed by atoms with E-state index in [2.05, 4.69) is 5.32 Å². The molecule has 0 bridgehead atoms. The Hall–Kier alpha value is -1.79. The van der Waals surface area contributed by atoms with Crippen molar-refractivity contribution < 1.29 is 19.5 Å². The number of amides is 3. The third-order valence-electron chi connectivity index (χ3n) is 7.11. The van der Waals surface area contributed by atoms with Crippen LogP contribution in [0.25, 0.3) is 0 Å². The lowest BCUT2D eigenvalue weighted by Gasteiger charge is -2.24. The highest BCUT2D eigenvalue weighted by Gasteiger charge is 2.56. The second-order valence-electron chi connectivity index (χ2n) is 8.62. The molecule has 0 aromatic carbocycles. The maximum Gasteiger partial charge on any atom is 0.317 e. The average molecular weight is 363 g/mol. The number of urea groups is 1. The van der Waals surface area contributed by atoms with E-state index < -0.39 is 11.4 Å². The summed E-state index contributed by atoms with van der Waals surface area (Å²) in [6, 6.07) is -0.125. The van der Waals surface area contributed by atoms with Gasteiger partial charge in [-0.25, -0.2) is 4.79 Å². The van der Waals surface area contributed by atoms with Crippen LogP contribution >= 0.6 is 0 Å². The SMILES string of the molecule is O=C(N[C@H]1CC[C@@H](C(=O)N2CCCC2)C1)N1C[C@@H]2CCC[C@@]2(C(=O)O)C1. The number of hydrogen-bond donors (Lipinski definition) is 2. The summed E-state index contributed by atoms with van der Waals surface area (Å²) in [6.45, 7) is 2.61. The number of hydrogen-bond acceptors (Lipinski definition) is 3. The Kier molecular flexibility index (Phi) is 4.57. The van der Waals surface area contributed by atoms with Gasteiger partial charge in [0.05, 0.1) is 5.41 Å². The lowest BCUT2D eigenvalue weighted by Crippen LogP contribution is -2.45. The van der Waals surface area contributed by atoms with Crippen LogP contribution in [0.4, 0.5) is 4.79 Å². The standard InChI is InChI=1S/C19H29N3O4/c23-16(21-8-1-2-9-21)13-5-6-15(10-13)20-18(26)22-11-14-4-3-7-19(14,12-22)17(24)25/h13-15H,1-12H2,(H,20,26)(H,24,25)/t13-,14+,15+,19-/m1/s1. The molecule has 144 valence electrons. The Balaban J connectivity index is 1.31. The lowest BCUT2D eigenvalue weighted by molar-refractivity contribution is -0.149. The Bertz CT molecular complexity index is 604. The molecule has 3 amide bonds. The summed E-state index contributed by atoms with van der Waals surface area (Å²) in [5, 5.41) is 12.7. The van der Waals surface area contributed by atoms with E-state index in [0.29, 0.717) is 25.9 Å². The van der Waals surface area contributed by atoms with E-state index in [1.165, 1.54) is 0 Å². The molecule has 0 aromatic rings. The van der Waals surface area contributed by atoms with E-state index in [1.807, 2.05) is 4.90 Å². The molecule has 0 aromatic heterocycles. The van der Waals surface area contributed by atoms with Crippen LogP contribution in [-0.2, 0) is 9.59 Å². The molecule has 0 radical (unpaired) electrons. The Morgan fingerprint density at radius 2 is 1.77 bits per heavy atom. The zero-order valence-corrected chi connectivity index (χ0v) is 15.3. The van der Waals surface area contributed by atoms with Crippen molar-refractivity contribution in [1.82, 2.24) is 15.1 Å². The molecule has 4 fully saturated rings.